The molecule has 1 aliphatic carbocycles. The van der Waals surface area contributed by atoms with Crippen LogP contribution in [0.15, 0.2) is 17.8 Å². The molecule has 1 saturated heterocycles. The van der Waals surface area contributed by atoms with E-state index in [9.17, 15) is 9.90 Å². The minimum Gasteiger partial charge on any atom is -0.480 e. The van der Waals surface area contributed by atoms with E-state index in [-0.39, 0.29) is 6.04 Å². The van der Waals surface area contributed by atoms with Gasteiger partial charge < -0.3 is 5.11 Å². The van der Waals surface area contributed by atoms with E-state index in [1.165, 1.54) is 19.3 Å². The Morgan fingerprint density at radius 3 is 3.10 bits per heavy atom. The standard InChI is InChI=1S/C15H19N3O2S/c19-14(20)13-7-10-3-1-2-4-12(10)18(13)9-11-8-17-5-6-21-15(17)16-11/h5-6,8,10,12-13H,1-4,7,9H2,(H,19,20). The molecule has 3 heterocycles. The first-order valence-electron chi connectivity index (χ1n) is 7.62. The Bertz CT molecular complexity index is 636. The highest BCUT2D eigenvalue weighted by Crippen LogP contribution is 2.40. The molecular formula is C15H19N3O2S. The van der Waals surface area contributed by atoms with Crippen LogP contribution in [0.4, 0.5) is 0 Å². The molecule has 3 atom stereocenters. The molecule has 1 saturated carbocycles. The van der Waals surface area contributed by atoms with E-state index < -0.39 is 5.97 Å². The van der Waals surface area contributed by atoms with Crippen LogP contribution < -0.4 is 0 Å². The molecule has 0 spiro atoms. The zero-order valence-corrected chi connectivity index (χ0v) is 12.6. The Morgan fingerprint density at radius 2 is 2.29 bits per heavy atom. The lowest BCUT2D eigenvalue weighted by atomic mass is 9.85. The van der Waals surface area contributed by atoms with E-state index in [4.69, 9.17) is 0 Å². The van der Waals surface area contributed by atoms with Crippen LogP contribution >= 0.6 is 11.3 Å². The number of carboxylic acids is 1. The van der Waals surface area contributed by atoms with Crippen molar-refractivity contribution in [2.45, 2.75) is 50.7 Å². The third kappa shape index (κ3) is 2.26. The van der Waals surface area contributed by atoms with Gasteiger partial charge in [-0.1, -0.05) is 12.8 Å². The van der Waals surface area contributed by atoms with Gasteiger partial charge in [0, 0.05) is 30.4 Å². The molecule has 6 heteroatoms. The van der Waals surface area contributed by atoms with Gasteiger partial charge in [-0.3, -0.25) is 14.1 Å². The number of imidazole rings is 1. The smallest absolute Gasteiger partial charge is 0.320 e. The van der Waals surface area contributed by atoms with Gasteiger partial charge in [0.15, 0.2) is 4.96 Å². The number of aromatic nitrogens is 2. The maximum absolute atomic E-state index is 11.6. The number of carbonyl (C=O) groups is 1. The summed E-state index contributed by atoms with van der Waals surface area (Å²) in [5.41, 5.74) is 0.985. The fraction of sp³-hybridized carbons (Fsp3) is 0.600. The monoisotopic (exact) mass is 305 g/mol. The maximum Gasteiger partial charge on any atom is 0.320 e. The van der Waals surface area contributed by atoms with Gasteiger partial charge in [0.05, 0.1) is 5.69 Å². The molecular weight excluding hydrogens is 286 g/mol. The first-order chi connectivity index (χ1) is 10.2. The van der Waals surface area contributed by atoms with Gasteiger partial charge in [0.25, 0.3) is 0 Å². The number of likely N-dealkylation sites (tertiary alicyclic amines) is 1. The summed E-state index contributed by atoms with van der Waals surface area (Å²) in [6, 6.07) is 0.0948. The number of hydrogen-bond acceptors (Lipinski definition) is 4. The molecule has 0 radical (unpaired) electrons. The maximum atomic E-state index is 11.6. The van der Waals surface area contributed by atoms with Gasteiger partial charge >= 0.3 is 5.97 Å². The Morgan fingerprint density at radius 1 is 1.43 bits per heavy atom. The number of carboxylic acid groups (broad SMARTS) is 1. The summed E-state index contributed by atoms with van der Waals surface area (Å²) < 4.78 is 2.02. The second-order valence-corrected chi connectivity index (χ2v) is 7.07. The lowest BCUT2D eigenvalue weighted by Gasteiger charge is -2.32. The number of nitrogens with zero attached hydrogens (tertiary/aromatic N) is 3. The molecule has 1 aliphatic heterocycles. The number of hydrogen-bond donors (Lipinski definition) is 1. The molecule has 0 bridgehead atoms. The second-order valence-electron chi connectivity index (χ2n) is 6.20. The van der Waals surface area contributed by atoms with E-state index in [0.29, 0.717) is 18.5 Å². The molecule has 2 aromatic rings. The SMILES string of the molecule is O=C(O)C1CC2CCCCC2N1Cc1cn2ccsc2n1. The predicted octanol–water partition coefficient (Wildman–Crippen LogP) is 2.61. The fourth-order valence-corrected chi connectivity index (χ4v) is 4.78. The zero-order chi connectivity index (χ0) is 14.4. The summed E-state index contributed by atoms with van der Waals surface area (Å²) in [5, 5.41) is 11.6. The largest absolute Gasteiger partial charge is 0.480 e. The molecule has 0 aromatic carbocycles. The molecule has 21 heavy (non-hydrogen) atoms. The van der Waals surface area contributed by atoms with E-state index in [1.54, 1.807) is 11.3 Å². The average Bonchev–Trinajstić information content (AvgIpc) is 3.12. The molecule has 5 nitrogen and oxygen atoms in total. The van der Waals surface area contributed by atoms with Crippen LogP contribution in [0.3, 0.4) is 0 Å². The van der Waals surface area contributed by atoms with E-state index in [0.717, 1.165) is 23.5 Å². The van der Waals surface area contributed by atoms with Crippen LogP contribution in [0, 0.1) is 5.92 Å². The summed E-state index contributed by atoms with van der Waals surface area (Å²) in [4.78, 5) is 19.4. The highest BCUT2D eigenvalue weighted by molar-refractivity contribution is 7.15. The van der Waals surface area contributed by atoms with E-state index in [2.05, 4.69) is 9.88 Å². The lowest BCUT2D eigenvalue weighted by Crippen LogP contribution is -2.41. The van der Waals surface area contributed by atoms with E-state index >= 15 is 0 Å². The highest BCUT2D eigenvalue weighted by Gasteiger charge is 2.45. The van der Waals surface area contributed by atoms with Crippen LogP contribution in [-0.2, 0) is 11.3 Å². The zero-order valence-electron chi connectivity index (χ0n) is 11.8. The first-order valence-corrected chi connectivity index (χ1v) is 8.50. The van der Waals surface area contributed by atoms with Crippen LogP contribution in [-0.4, -0.2) is 37.4 Å². The van der Waals surface area contributed by atoms with Crippen LogP contribution in [0.2, 0.25) is 0 Å². The number of aliphatic carboxylic acids is 1. The van der Waals surface area contributed by atoms with Gasteiger partial charge in [-0.05, 0) is 25.2 Å². The molecule has 2 aromatic heterocycles. The predicted molar refractivity (Wildman–Crippen MR) is 80.4 cm³/mol. The molecule has 2 aliphatic rings. The normalized spacial score (nSPS) is 29.8. The average molecular weight is 305 g/mol. The second kappa shape index (κ2) is 5.10. The van der Waals surface area contributed by atoms with Crippen molar-refractivity contribution in [1.29, 1.82) is 0 Å². The van der Waals surface area contributed by atoms with Crippen molar-refractivity contribution in [2.24, 2.45) is 5.92 Å². The third-order valence-corrected chi connectivity index (χ3v) is 5.76. The van der Waals surface area contributed by atoms with Crippen molar-refractivity contribution in [3.05, 3.63) is 23.5 Å². The van der Waals surface area contributed by atoms with E-state index in [1.807, 2.05) is 22.2 Å². The summed E-state index contributed by atoms with van der Waals surface area (Å²) in [6.45, 7) is 0.659. The topological polar surface area (TPSA) is 57.8 Å². The fourth-order valence-electron chi connectivity index (χ4n) is 4.06. The molecule has 1 N–H and O–H groups in total. The minimum absolute atomic E-state index is 0.335. The van der Waals surface area contributed by atoms with Gasteiger partial charge in [-0.15, -0.1) is 11.3 Å². The number of thiazole rings is 1. The van der Waals surface area contributed by atoms with Crippen molar-refractivity contribution in [3.8, 4) is 0 Å². The minimum atomic E-state index is -0.676. The Balaban J connectivity index is 1.60. The Labute approximate surface area is 127 Å². The quantitative estimate of drug-likeness (QED) is 0.947. The van der Waals surface area contributed by atoms with Crippen LogP contribution in [0.25, 0.3) is 4.96 Å². The van der Waals surface area contributed by atoms with Crippen molar-refractivity contribution < 1.29 is 9.90 Å². The third-order valence-electron chi connectivity index (χ3n) is 4.99. The van der Waals surface area contributed by atoms with Crippen molar-refractivity contribution in [3.63, 3.8) is 0 Å². The number of rotatable bonds is 3. The van der Waals surface area contributed by atoms with Gasteiger partial charge in [-0.2, -0.15) is 0 Å². The van der Waals surface area contributed by atoms with Crippen molar-refractivity contribution in [1.82, 2.24) is 14.3 Å². The van der Waals surface area contributed by atoms with Gasteiger partial charge in [-0.25, -0.2) is 4.98 Å². The summed E-state index contributed by atoms with van der Waals surface area (Å²) in [6.07, 6.45) is 9.63. The Hall–Kier alpha value is -1.40. The molecule has 4 rings (SSSR count). The van der Waals surface area contributed by atoms with Crippen LogP contribution in [0.5, 0.6) is 0 Å². The lowest BCUT2D eigenvalue weighted by molar-refractivity contribution is -0.142. The molecule has 0 amide bonds. The molecule has 112 valence electrons. The van der Waals surface area contributed by atoms with Crippen LogP contribution in [0.1, 0.15) is 37.8 Å². The summed E-state index contributed by atoms with van der Waals surface area (Å²) in [7, 11) is 0. The number of fused-ring (bicyclic) bond motifs is 2. The molecule has 2 fully saturated rings. The summed E-state index contributed by atoms with van der Waals surface area (Å²) >= 11 is 1.61. The Kier molecular flexibility index (Phi) is 3.23. The first kappa shape index (κ1) is 13.3. The summed E-state index contributed by atoms with van der Waals surface area (Å²) in [5.74, 6) is -0.117. The van der Waals surface area contributed by atoms with Gasteiger partial charge in [0.2, 0.25) is 0 Å². The van der Waals surface area contributed by atoms with Crippen molar-refractivity contribution in [2.75, 3.05) is 0 Å². The van der Waals surface area contributed by atoms with Crippen molar-refractivity contribution >= 4 is 22.3 Å². The highest BCUT2D eigenvalue weighted by atomic mass is 32.1. The molecule has 3 unspecified atom stereocenters. The van der Waals surface area contributed by atoms with Gasteiger partial charge in [0.1, 0.15) is 6.04 Å².